The van der Waals surface area contributed by atoms with Crippen molar-refractivity contribution in [2.45, 2.75) is 96.1 Å². The van der Waals surface area contributed by atoms with Crippen LogP contribution in [0.1, 0.15) is 79.1 Å². The zero-order chi connectivity index (χ0) is 25.8. The van der Waals surface area contributed by atoms with Crippen molar-refractivity contribution in [1.29, 1.82) is 0 Å². The number of carbonyl (C=O) groups excluding carboxylic acids is 4. The standard InChI is InChI=1S/C27H37ClO7/c1-5-21(32)34-14-20(31)27(35-22(33)6-2)10-8-17-23-18(28)12-15-11-16(29)7-9-25(15,3)24(23)19(30)13-26(17,27)4/h11,17-19,23-24,30H,5-10,12-14H2,1-4H3/t17-,18+,19-,23+,24-,25-,26-,27+/m0/s1. The third kappa shape index (κ3) is 3.97. The first-order valence-electron chi connectivity index (χ1n) is 12.9. The van der Waals surface area contributed by atoms with E-state index in [0.717, 1.165) is 5.57 Å². The summed E-state index contributed by atoms with van der Waals surface area (Å²) in [6.07, 6.45) is 4.06. The molecule has 8 heteroatoms. The maximum atomic E-state index is 13.7. The first kappa shape index (κ1) is 26.3. The number of aliphatic hydroxyl groups excluding tert-OH is 1. The molecule has 0 unspecified atom stereocenters. The largest absolute Gasteiger partial charge is 0.457 e. The third-order valence-corrected chi connectivity index (χ3v) is 10.1. The van der Waals surface area contributed by atoms with E-state index in [2.05, 4.69) is 6.92 Å². The van der Waals surface area contributed by atoms with Crippen molar-refractivity contribution in [2.24, 2.45) is 28.6 Å². The minimum absolute atomic E-state index is 0.0649. The van der Waals surface area contributed by atoms with E-state index in [-0.39, 0.29) is 53.6 Å². The molecule has 0 saturated heterocycles. The van der Waals surface area contributed by atoms with Gasteiger partial charge in [0.15, 0.2) is 18.0 Å². The van der Waals surface area contributed by atoms with E-state index in [1.54, 1.807) is 19.9 Å². The lowest BCUT2D eigenvalue weighted by Crippen LogP contribution is -2.64. The summed E-state index contributed by atoms with van der Waals surface area (Å²) < 4.78 is 11.1. The fourth-order valence-corrected chi connectivity index (χ4v) is 8.40. The average Bonchev–Trinajstić information content (AvgIpc) is 3.10. The number of aliphatic hydroxyl groups is 1. The Balaban J connectivity index is 1.74. The van der Waals surface area contributed by atoms with Crippen LogP contribution in [0.3, 0.4) is 0 Å². The molecule has 0 amide bonds. The van der Waals surface area contributed by atoms with Gasteiger partial charge >= 0.3 is 11.9 Å². The highest BCUT2D eigenvalue weighted by atomic mass is 35.5. The minimum atomic E-state index is -1.49. The van der Waals surface area contributed by atoms with E-state index in [1.165, 1.54) is 0 Å². The predicted octanol–water partition coefficient (Wildman–Crippen LogP) is 3.92. The monoisotopic (exact) mass is 508 g/mol. The fraction of sp³-hybridized carbons (Fsp3) is 0.778. The van der Waals surface area contributed by atoms with Crippen LogP contribution in [0.4, 0.5) is 0 Å². The number of hydrogen-bond donors (Lipinski definition) is 1. The van der Waals surface area contributed by atoms with Crippen molar-refractivity contribution in [2.75, 3.05) is 6.61 Å². The van der Waals surface area contributed by atoms with E-state index in [0.29, 0.717) is 32.1 Å². The number of ether oxygens (including phenoxy) is 2. The zero-order valence-corrected chi connectivity index (χ0v) is 21.9. The summed E-state index contributed by atoms with van der Waals surface area (Å²) in [4.78, 5) is 50.2. The van der Waals surface area contributed by atoms with Gasteiger partial charge in [0.25, 0.3) is 0 Å². The number of hydrogen-bond acceptors (Lipinski definition) is 7. The van der Waals surface area contributed by atoms with Crippen molar-refractivity contribution >= 4 is 35.1 Å². The van der Waals surface area contributed by atoms with Crippen LogP contribution in [0.15, 0.2) is 11.6 Å². The number of rotatable bonds is 6. The van der Waals surface area contributed by atoms with Gasteiger partial charge in [0.2, 0.25) is 5.78 Å². The summed E-state index contributed by atoms with van der Waals surface area (Å²) in [6.45, 7) is 6.91. The van der Waals surface area contributed by atoms with Crippen molar-refractivity contribution < 1.29 is 33.8 Å². The minimum Gasteiger partial charge on any atom is -0.457 e. The molecule has 3 saturated carbocycles. The molecule has 3 fully saturated rings. The molecular formula is C27H37ClO7. The molecule has 7 nitrogen and oxygen atoms in total. The van der Waals surface area contributed by atoms with Gasteiger partial charge in [0.05, 0.1) is 6.10 Å². The normalized spacial score (nSPS) is 42.3. The van der Waals surface area contributed by atoms with E-state index >= 15 is 0 Å². The van der Waals surface area contributed by atoms with Crippen LogP contribution in [-0.2, 0) is 28.7 Å². The van der Waals surface area contributed by atoms with Gasteiger partial charge in [-0.05, 0) is 61.3 Å². The summed E-state index contributed by atoms with van der Waals surface area (Å²) in [5, 5.41) is 11.3. The van der Waals surface area contributed by atoms with E-state index < -0.39 is 41.4 Å². The fourth-order valence-electron chi connectivity index (χ4n) is 7.90. The Bertz CT molecular complexity index is 959. The molecule has 0 bridgehead atoms. The van der Waals surface area contributed by atoms with Gasteiger partial charge in [0.1, 0.15) is 0 Å². The highest BCUT2D eigenvalue weighted by Crippen LogP contribution is 2.69. The number of alkyl halides is 1. The highest BCUT2D eigenvalue weighted by Gasteiger charge is 2.71. The van der Waals surface area contributed by atoms with Crippen LogP contribution >= 0.6 is 11.6 Å². The number of carbonyl (C=O) groups is 4. The Labute approximate surface area is 211 Å². The van der Waals surface area contributed by atoms with Gasteiger partial charge in [-0.1, -0.05) is 33.3 Å². The molecule has 194 valence electrons. The predicted molar refractivity (Wildman–Crippen MR) is 128 cm³/mol. The van der Waals surface area contributed by atoms with Crippen LogP contribution < -0.4 is 0 Å². The molecule has 0 radical (unpaired) electrons. The van der Waals surface area contributed by atoms with Gasteiger partial charge < -0.3 is 14.6 Å². The van der Waals surface area contributed by atoms with Crippen LogP contribution in [-0.4, -0.2) is 52.3 Å². The number of Topliss-reactive ketones (excluding diaryl/α,β-unsaturated/α-hetero) is 1. The van der Waals surface area contributed by atoms with Gasteiger partial charge in [-0.3, -0.25) is 19.2 Å². The van der Waals surface area contributed by atoms with Crippen LogP contribution in [0.25, 0.3) is 0 Å². The smallest absolute Gasteiger partial charge is 0.306 e. The maximum absolute atomic E-state index is 13.7. The van der Waals surface area contributed by atoms with Gasteiger partial charge in [-0.25, -0.2) is 0 Å². The molecule has 35 heavy (non-hydrogen) atoms. The molecule has 8 atom stereocenters. The first-order chi connectivity index (χ1) is 16.4. The summed E-state index contributed by atoms with van der Waals surface area (Å²) in [5.41, 5.74) is -1.66. The van der Waals surface area contributed by atoms with Crippen LogP contribution in [0, 0.1) is 28.6 Å². The topological polar surface area (TPSA) is 107 Å². The maximum Gasteiger partial charge on any atom is 0.306 e. The average molecular weight is 509 g/mol. The molecule has 0 spiro atoms. The molecule has 4 aliphatic carbocycles. The molecule has 0 heterocycles. The van der Waals surface area contributed by atoms with Crippen molar-refractivity contribution in [3.05, 3.63) is 11.6 Å². The quantitative estimate of drug-likeness (QED) is 0.428. The van der Waals surface area contributed by atoms with Crippen molar-refractivity contribution in [1.82, 2.24) is 0 Å². The molecule has 4 aliphatic rings. The molecule has 0 aromatic rings. The molecule has 0 aromatic heterocycles. The number of halogens is 1. The summed E-state index contributed by atoms with van der Waals surface area (Å²) in [6, 6.07) is 0. The van der Waals surface area contributed by atoms with Crippen molar-refractivity contribution in [3.8, 4) is 0 Å². The van der Waals surface area contributed by atoms with Crippen LogP contribution in [0.2, 0.25) is 0 Å². The van der Waals surface area contributed by atoms with Gasteiger partial charge in [-0.15, -0.1) is 11.6 Å². The van der Waals surface area contributed by atoms with Gasteiger partial charge in [0, 0.05) is 30.1 Å². The van der Waals surface area contributed by atoms with E-state index in [9.17, 15) is 24.3 Å². The van der Waals surface area contributed by atoms with Gasteiger partial charge in [-0.2, -0.15) is 0 Å². The van der Waals surface area contributed by atoms with E-state index in [4.69, 9.17) is 21.1 Å². The highest BCUT2D eigenvalue weighted by molar-refractivity contribution is 6.21. The number of ketones is 2. The molecule has 4 rings (SSSR count). The second-order valence-corrected chi connectivity index (χ2v) is 11.9. The lowest BCUT2D eigenvalue weighted by atomic mass is 9.45. The summed E-state index contributed by atoms with van der Waals surface area (Å²) >= 11 is 7.02. The Hall–Kier alpha value is -1.73. The Morgan fingerprint density at radius 2 is 1.83 bits per heavy atom. The van der Waals surface area contributed by atoms with Crippen molar-refractivity contribution in [3.63, 3.8) is 0 Å². The lowest BCUT2D eigenvalue weighted by Gasteiger charge is -2.61. The molecule has 0 aromatic carbocycles. The number of allylic oxidation sites excluding steroid dienone is 1. The Morgan fingerprint density at radius 1 is 1.14 bits per heavy atom. The first-order valence-corrected chi connectivity index (χ1v) is 13.3. The SMILES string of the molecule is CCC(=O)OCC(=O)[C@]1(OC(=O)CC)CC[C@H]2[C@H]3[C@H]([C@@H](O)C[C@@]21C)[C@@]1(C)CCC(=O)C=C1C[C@H]3Cl. The zero-order valence-electron chi connectivity index (χ0n) is 21.1. The summed E-state index contributed by atoms with van der Waals surface area (Å²) in [5.74, 6) is -1.64. The molecule has 0 aliphatic heterocycles. The molecular weight excluding hydrogens is 472 g/mol. The number of esters is 2. The van der Waals surface area contributed by atoms with E-state index in [1.807, 2.05) is 6.92 Å². The number of fused-ring (bicyclic) bond motifs is 5. The second-order valence-electron chi connectivity index (χ2n) is 11.3. The lowest BCUT2D eigenvalue weighted by molar-refractivity contribution is -0.202. The molecule has 1 N–H and O–H groups in total. The summed E-state index contributed by atoms with van der Waals surface area (Å²) in [7, 11) is 0. The second kappa shape index (κ2) is 9.29. The van der Waals surface area contributed by atoms with Crippen LogP contribution in [0.5, 0.6) is 0 Å². The Kier molecular flexibility index (Phi) is 6.99. The Morgan fingerprint density at radius 3 is 2.49 bits per heavy atom. The third-order valence-electron chi connectivity index (χ3n) is 9.68.